The third-order valence-corrected chi connectivity index (χ3v) is 3.07. The van der Waals surface area contributed by atoms with E-state index in [-0.39, 0.29) is 18.3 Å². The van der Waals surface area contributed by atoms with Crippen LogP contribution in [0.25, 0.3) is 0 Å². The van der Waals surface area contributed by atoms with E-state index in [4.69, 9.17) is 25.4 Å². The molecule has 2 rings (SSSR count). The van der Waals surface area contributed by atoms with Crippen LogP contribution in [-0.4, -0.2) is 31.9 Å². The number of methoxy groups -OCH3 is 1. The maximum Gasteiger partial charge on any atom is 0.373 e. The highest BCUT2D eigenvalue weighted by molar-refractivity contribution is 5.86. The lowest BCUT2D eigenvalue weighted by atomic mass is 10.2. The fourth-order valence-electron chi connectivity index (χ4n) is 1.97. The van der Waals surface area contributed by atoms with E-state index >= 15 is 0 Å². The fourth-order valence-corrected chi connectivity index (χ4v) is 1.97. The van der Waals surface area contributed by atoms with Crippen LogP contribution < -0.4 is 20.9 Å². The summed E-state index contributed by atoms with van der Waals surface area (Å²) in [6.07, 6.45) is 1.49. The molecular formula is C17H20N4O5. The number of nitrogens with zero attached hydrogens (tertiary/aromatic N) is 2. The highest BCUT2D eigenvalue weighted by atomic mass is 16.5. The first-order valence-corrected chi connectivity index (χ1v) is 7.72. The van der Waals surface area contributed by atoms with Crippen molar-refractivity contribution in [1.82, 2.24) is 0 Å². The second kappa shape index (κ2) is 9.11. The Hall–Kier alpha value is -3.49. The lowest BCUT2D eigenvalue weighted by Crippen LogP contribution is -2.21. The van der Waals surface area contributed by atoms with Crippen molar-refractivity contribution in [2.45, 2.75) is 13.5 Å². The molecule has 4 N–H and O–H groups in total. The molecule has 9 heteroatoms. The summed E-state index contributed by atoms with van der Waals surface area (Å²) in [6.45, 7) is 2.44. The van der Waals surface area contributed by atoms with Gasteiger partial charge in [0.15, 0.2) is 11.5 Å². The van der Waals surface area contributed by atoms with Gasteiger partial charge in [-0.1, -0.05) is 0 Å². The molecule has 0 bridgehead atoms. The molecule has 0 aliphatic rings. The number of esters is 1. The molecule has 2 aromatic rings. The van der Waals surface area contributed by atoms with E-state index in [9.17, 15) is 4.79 Å². The van der Waals surface area contributed by atoms with Gasteiger partial charge < -0.3 is 30.1 Å². The monoisotopic (exact) mass is 360 g/mol. The number of furan rings is 1. The predicted molar refractivity (Wildman–Crippen MR) is 95.4 cm³/mol. The number of carbonyl (C=O) groups excluding carboxylic acids is 1. The molecule has 0 atom stereocenters. The minimum atomic E-state index is -0.546. The maximum absolute atomic E-state index is 11.4. The first kappa shape index (κ1) is 18.8. The SMILES string of the molecule is CCOc1cc(/C=N/N=C(N)N)ccc1OCc1ccc(C(=O)OC)o1. The van der Waals surface area contributed by atoms with Crippen LogP contribution in [-0.2, 0) is 11.3 Å². The molecule has 0 unspecified atom stereocenters. The summed E-state index contributed by atoms with van der Waals surface area (Å²) in [7, 11) is 1.29. The van der Waals surface area contributed by atoms with Crippen molar-refractivity contribution in [3.63, 3.8) is 0 Å². The minimum Gasteiger partial charge on any atom is -0.490 e. The maximum atomic E-state index is 11.4. The molecule has 1 aromatic heterocycles. The molecule has 138 valence electrons. The van der Waals surface area contributed by atoms with Crippen LogP contribution in [0.4, 0.5) is 0 Å². The third kappa shape index (κ3) is 5.26. The highest BCUT2D eigenvalue weighted by Gasteiger charge is 2.12. The lowest BCUT2D eigenvalue weighted by Gasteiger charge is -2.11. The summed E-state index contributed by atoms with van der Waals surface area (Å²) in [4.78, 5) is 11.4. The van der Waals surface area contributed by atoms with Crippen molar-refractivity contribution in [2.75, 3.05) is 13.7 Å². The molecule has 26 heavy (non-hydrogen) atoms. The summed E-state index contributed by atoms with van der Waals surface area (Å²) in [5, 5.41) is 7.29. The zero-order valence-corrected chi connectivity index (χ0v) is 14.5. The van der Waals surface area contributed by atoms with Crippen LogP contribution in [0.15, 0.2) is 45.0 Å². The van der Waals surface area contributed by atoms with E-state index in [0.717, 1.165) is 5.56 Å². The standard InChI is InChI=1S/C17H20N4O5/c1-3-24-15-8-11(9-20-21-17(18)19)4-6-13(15)25-10-12-5-7-14(26-12)16(22)23-2/h4-9H,3,10H2,1-2H3,(H4,18,19,21)/b20-9+. The molecule has 1 aromatic carbocycles. The molecule has 0 spiro atoms. The largest absolute Gasteiger partial charge is 0.490 e. The van der Waals surface area contributed by atoms with E-state index in [1.807, 2.05) is 6.92 Å². The van der Waals surface area contributed by atoms with Gasteiger partial charge in [-0.2, -0.15) is 5.10 Å². The lowest BCUT2D eigenvalue weighted by molar-refractivity contribution is 0.0561. The predicted octanol–water partition coefficient (Wildman–Crippen LogP) is 1.65. The molecule has 0 aliphatic carbocycles. The number of hydrogen-bond donors (Lipinski definition) is 2. The van der Waals surface area contributed by atoms with Gasteiger partial charge in [-0.05, 0) is 42.8 Å². The molecule has 0 fully saturated rings. The number of benzene rings is 1. The molecule has 9 nitrogen and oxygen atoms in total. The first-order chi connectivity index (χ1) is 12.5. The van der Waals surface area contributed by atoms with Gasteiger partial charge in [-0.15, -0.1) is 5.10 Å². The van der Waals surface area contributed by atoms with Gasteiger partial charge in [0.2, 0.25) is 11.7 Å². The Kier molecular flexibility index (Phi) is 6.60. The number of ether oxygens (including phenoxy) is 3. The Morgan fingerprint density at radius 2 is 2.00 bits per heavy atom. The zero-order valence-electron chi connectivity index (χ0n) is 14.5. The van der Waals surface area contributed by atoms with Crippen molar-refractivity contribution in [2.24, 2.45) is 21.7 Å². The fraction of sp³-hybridized carbons (Fsp3) is 0.235. The van der Waals surface area contributed by atoms with Crippen molar-refractivity contribution >= 4 is 18.1 Å². The summed E-state index contributed by atoms with van der Waals surface area (Å²) in [6, 6.07) is 8.41. The Morgan fingerprint density at radius 1 is 1.19 bits per heavy atom. The second-order valence-corrected chi connectivity index (χ2v) is 4.95. The normalized spacial score (nSPS) is 10.5. The topological polar surface area (TPSA) is 135 Å². The molecule has 0 amide bonds. The Labute approximate surface area is 150 Å². The highest BCUT2D eigenvalue weighted by Crippen LogP contribution is 2.29. The molecule has 0 aliphatic heterocycles. The van der Waals surface area contributed by atoms with E-state index in [0.29, 0.717) is 23.9 Å². The summed E-state index contributed by atoms with van der Waals surface area (Å²) >= 11 is 0. The molecular weight excluding hydrogens is 340 g/mol. The van der Waals surface area contributed by atoms with Crippen molar-refractivity contribution in [3.05, 3.63) is 47.4 Å². The van der Waals surface area contributed by atoms with E-state index in [1.54, 1.807) is 24.3 Å². The molecule has 0 saturated carbocycles. The Balaban J connectivity index is 2.10. The average molecular weight is 360 g/mol. The third-order valence-electron chi connectivity index (χ3n) is 3.07. The number of guanidine groups is 1. The van der Waals surface area contributed by atoms with Crippen LogP contribution in [0, 0.1) is 0 Å². The smallest absolute Gasteiger partial charge is 0.373 e. The summed E-state index contributed by atoms with van der Waals surface area (Å²) in [5.41, 5.74) is 11.2. The van der Waals surface area contributed by atoms with Gasteiger partial charge in [0.25, 0.3) is 0 Å². The number of nitrogens with two attached hydrogens (primary N) is 2. The number of rotatable bonds is 8. The quantitative estimate of drug-likeness (QED) is 0.316. The first-order valence-electron chi connectivity index (χ1n) is 7.72. The van der Waals surface area contributed by atoms with Gasteiger partial charge in [0, 0.05) is 0 Å². The van der Waals surface area contributed by atoms with Crippen LogP contribution in [0.2, 0.25) is 0 Å². The Morgan fingerprint density at radius 3 is 2.69 bits per heavy atom. The van der Waals surface area contributed by atoms with Gasteiger partial charge >= 0.3 is 5.97 Å². The van der Waals surface area contributed by atoms with E-state index in [1.165, 1.54) is 19.4 Å². The van der Waals surface area contributed by atoms with Crippen molar-refractivity contribution in [3.8, 4) is 11.5 Å². The van der Waals surface area contributed by atoms with Gasteiger partial charge in [-0.25, -0.2) is 4.79 Å². The minimum absolute atomic E-state index is 0.113. The van der Waals surface area contributed by atoms with Crippen LogP contribution in [0.3, 0.4) is 0 Å². The summed E-state index contributed by atoms with van der Waals surface area (Å²) < 4.78 is 21.2. The Bertz CT molecular complexity index is 809. The van der Waals surface area contributed by atoms with Crippen LogP contribution in [0.1, 0.15) is 28.8 Å². The van der Waals surface area contributed by atoms with Crippen LogP contribution >= 0.6 is 0 Å². The number of carbonyl (C=O) groups is 1. The summed E-state index contributed by atoms with van der Waals surface area (Å²) in [5.74, 6) is 0.961. The zero-order chi connectivity index (χ0) is 18.9. The van der Waals surface area contributed by atoms with E-state index < -0.39 is 5.97 Å². The van der Waals surface area contributed by atoms with Gasteiger partial charge in [0.05, 0.1) is 19.9 Å². The molecule has 1 heterocycles. The molecule has 0 radical (unpaired) electrons. The van der Waals surface area contributed by atoms with Crippen LogP contribution in [0.5, 0.6) is 11.5 Å². The average Bonchev–Trinajstić information content (AvgIpc) is 3.09. The van der Waals surface area contributed by atoms with Gasteiger partial charge in [-0.3, -0.25) is 0 Å². The molecule has 0 saturated heterocycles. The van der Waals surface area contributed by atoms with Gasteiger partial charge in [0.1, 0.15) is 12.4 Å². The number of hydrogen-bond acceptors (Lipinski definition) is 7. The van der Waals surface area contributed by atoms with E-state index in [2.05, 4.69) is 14.9 Å². The van der Waals surface area contributed by atoms with Crippen molar-refractivity contribution < 1.29 is 23.4 Å². The second-order valence-electron chi connectivity index (χ2n) is 4.95. The van der Waals surface area contributed by atoms with Crippen molar-refractivity contribution in [1.29, 1.82) is 0 Å².